The molecule has 1 aromatic heterocycles. The maximum absolute atomic E-state index is 12.5. The van der Waals surface area contributed by atoms with Crippen LogP contribution in [0.4, 0.5) is 0 Å². The third kappa shape index (κ3) is 2.82. The summed E-state index contributed by atoms with van der Waals surface area (Å²) in [5.74, 6) is -0.779. The fourth-order valence-corrected chi connectivity index (χ4v) is 3.11. The number of aromatic hydroxyl groups is 1. The molecule has 0 fully saturated rings. The molecule has 1 aliphatic rings. The molecule has 1 aromatic carbocycles. The number of hydrogen-bond acceptors (Lipinski definition) is 5. The van der Waals surface area contributed by atoms with Crippen molar-refractivity contribution in [3.63, 3.8) is 0 Å². The first-order valence-electron chi connectivity index (χ1n) is 7.84. The van der Waals surface area contributed by atoms with E-state index in [1.807, 2.05) is 0 Å². The van der Waals surface area contributed by atoms with Gasteiger partial charge in [0.2, 0.25) is 11.8 Å². The molecule has 0 spiro atoms. The Morgan fingerprint density at radius 3 is 2.38 bits per heavy atom. The minimum atomic E-state index is -0.662. The zero-order valence-corrected chi connectivity index (χ0v) is 15.2. The lowest BCUT2D eigenvalue weighted by atomic mass is 9.99. The fraction of sp³-hybridized carbons (Fsp3) is 0.294. The molecule has 1 aliphatic heterocycles. The van der Waals surface area contributed by atoms with E-state index in [1.165, 1.54) is 26.0 Å². The van der Waals surface area contributed by atoms with Gasteiger partial charge in [0.05, 0.1) is 11.8 Å². The number of aromatic nitrogens is 2. The van der Waals surface area contributed by atoms with Crippen LogP contribution in [0.25, 0.3) is 0 Å². The quantitative estimate of drug-likeness (QED) is 0.849. The smallest absolute Gasteiger partial charge is 0.333 e. The Balaban J connectivity index is 2.12. The Morgan fingerprint density at radius 2 is 1.81 bits per heavy atom. The summed E-state index contributed by atoms with van der Waals surface area (Å²) < 4.78 is 1.86. The van der Waals surface area contributed by atoms with Gasteiger partial charge in [0, 0.05) is 32.5 Å². The summed E-state index contributed by atoms with van der Waals surface area (Å²) in [6, 6.07) is 6.53. The van der Waals surface area contributed by atoms with E-state index < -0.39 is 23.2 Å². The van der Waals surface area contributed by atoms with Crippen LogP contribution in [0, 0.1) is 0 Å². The van der Waals surface area contributed by atoms with Crippen molar-refractivity contribution in [3.05, 3.63) is 61.3 Å². The molecule has 0 saturated heterocycles. The number of carbonyl (C=O) groups excluding carboxylic acids is 1. The molecule has 26 heavy (non-hydrogen) atoms. The van der Waals surface area contributed by atoms with Crippen molar-refractivity contribution in [2.45, 2.75) is 19.4 Å². The summed E-state index contributed by atoms with van der Waals surface area (Å²) in [4.78, 5) is 36.4. The highest BCUT2D eigenvalue weighted by molar-refractivity contribution is 6.30. The van der Waals surface area contributed by atoms with E-state index >= 15 is 0 Å². The van der Waals surface area contributed by atoms with Crippen molar-refractivity contribution in [1.82, 2.24) is 14.1 Å². The van der Waals surface area contributed by atoms with E-state index in [0.717, 1.165) is 14.7 Å². The van der Waals surface area contributed by atoms with Gasteiger partial charge in [0.25, 0.3) is 5.56 Å². The molecule has 0 saturated carbocycles. The molecule has 9 heteroatoms. The maximum atomic E-state index is 12.5. The summed E-state index contributed by atoms with van der Waals surface area (Å²) in [5.41, 5.74) is -0.354. The first kappa shape index (κ1) is 17.9. The summed E-state index contributed by atoms with van der Waals surface area (Å²) in [6.45, 7) is 1.37. The van der Waals surface area contributed by atoms with Crippen LogP contribution in [-0.4, -0.2) is 30.9 Å². The molecule has 1 amide bonds. The third-order valence-corrected chi connectivity index (χ3v) is 4.66. The molecule has 2 heterocycles. The fourth-order valence-electron chi connectivity index (χ4n) is 2.98. The van der Waals surface area contributed by atoms with Crippen molar-refractivity contribution < 1.29 is 9.90 Å². The number of benzene rings is 1. The SMILES string of the molecule is CC(=O)N1N=C(c2c(O)n(C)c(=O)n(C)c2=O)CC1c1ccc(Cl)cc1. The van der Waals surface area contributed by atoms with Gasteiger partial charge in [-0.1, -0.05) is 23.7 Å². The minimum Gasteiger partial charge on any atom is -0.494 e. The van der Waals surface area contributed by atoms with Crippen LogP contribution in [0.5, 0.6) is 5.88 Å². The van der Waals surface area contributed by atoms with E-state index in [9.17, 15) is 19.5 Å². The average Bonchev–Trinajstić information content (AvgIpc) is 3.04. The summed E-state index contributed by atoms with van der Waals surface area (Å²) in [7, 11) is 2.68. The first-order chi connectivity index (χ1) is 12.2. The molecule has 8 nitrogen and oxygen atoms in total. The zero-order valence-electron chi connectivity index (χ0n) is 14.4. The minimum absolute atomic E-state index is 0.0858. The van der Waals surface area contributed by atoms with Crippen LogP contribution in [0.15, 0.2) is 39.0 Å². The normalized spacial score (nSPS) is 16.7. The molecule has 3 rings (SSSR count). The van der Waals surface area contributed by atoms with Crippen LogP contribution in [0.3, 0.4) is 0 Å². The highest BCUT2D eigenvalue weighted by Gasteiger charge is 2.34. The third-order valence-electron chi connectivity index (χ3n) is 4.41. The molecule has 0 aliphatic carbocycles. The molecular weight excluding hydrogens is 360 g/mol. The van der Waals surface area contributed by atoms with Crippen molar-refractivity contribution in [3.8, 4) is 5.88 Å². The number of halogens is 1. The van der Waals surface area contributed by atoms with Gasteiger partial charge in [0.15, 0.2) is 0 Å². The first-order valence-corrected chi connectivity index (χ1v) is 8.22. The van der Waals surface area contributed by atoms with Gasteiger partial charge < -0.3 is 5.11 Å². The molecule has 0 radical (unpaired) electrons. The Labute approximate surface area is 153 Å². The molecular formula is C17H17ClN4O4. The Kier molecular flexibility index (Phi) is 4.45. The second-order valence-corrected chi connectivity index (χ2v) is 6.52. The van der Waals surface area contributed by atoms with Gasteiger partial charge in [-0.2, -0.15) is 5.10 Å². The topological polar surface area (TPSA) is 96.9 Å². The molecule has 1 N–H and O–H groups in total. The summed E-state index contributed by atoms with van der Waals surface area (Å²) >= 11 is 5.91. The van der Waals surface area contributed by atoms with E-state index in [0.29, 0.717) is 5.02 Å². The van der Waals surface area contributed by atoms with E-state index in [2.05, 4.69) is 5.10 Å². The zero-order chi connectivity index (χ0) is 19.2. The van der Waals surface area contributed by atoms with Gasteiger partial charge in [-0.15, -0.1) is 0 Å². The van der Waals surface area contributed by atoms with Crippen molar-refractivity contribution in [2.24, 2.45) is 19.2 Å². The van der Waals surface area contributed by atoms with E-state index in [4.69, 9.17) is 11.6 Å². The second-order valence-electron chi connectivity index (χ2n) is 6.09. The maximum Gasteiger partial charge on any atom is 0.333 e. The standard InChI is InChI=1S/C17H17ClN4O4/c1-9(23)22-13(10-4-6-11(18)7-5-10)8-12(19-22)14-15(24)20(2)17(26)21(3)16(14)25/h4-7,13,24H,8H2,1-3H3. The molecule has 1 atom stereocenters. The molecule has 0 bridgehead atoms. The largest absolute Gasteiger partial charge is 0.494 e. The van der Waals surface area contributed by atoms with Crippen molar-refractivity contribution in [2.75, 3.05) is 0 Å². The Hall–Kier alpha value is -2.87. The van der Waals surface area contributed by atoms with E-state index in [1.54, 1.807) is 24.3 Å². The van der Waals surface area contributed by atoms with Gasteiger partial charge in [-0.3, -0.25) is 18.7 Å². The van der Waals surface area contributed by atoms with Crippen LogP contribution < -0.4 is 11.2 Å². The van der Waals surface area contributed by atoms with Crippen molar-refractivity contribution >= 4 is 23.2 Å². The lowest BCUT2D eigenvalue weighted by Gasteiger charge is -2.20. The van der Waals surface area contributed by atoms with Gasteiger partial charge in [-0.05, 0) is 17.7 Å². The summed E-state index contributed by atoms with van der Waals surface area (Å²) in [5, 5.41) is 16.4. The molecule has 2 aromatic rings. The predicted octanol–water partition coefficient (Wildman–Crippen LogP) is 1.14. The average molecular weight is 377 g/mol. The van der Waals surface area contributed by atoms with Gasteiger partial charge >= 0.3 is 5.69 Å². The van der Waals surface area contributed by atoms with Crippen LogP contribution in [0.2, 0.25) is 5.02 Å². The monoisotopic (exact) mass is 376 g/mol. The number of hydrazone groups is 1. The Bertz CT molecular complexity index is 1040. The summed E-state index contributed by atoms with van der Waals surface area (Å²) in [6.07, 6.45) is 0.224. The second kappa shape index (κ2) is 6.45. The number of hydrogen-bond donors (Lipinski definition) is 1. The predicted molar refractivity (Wildman–Crippen MR) is 96.5 cm³/mol. The Morgan fingerprint density at radius 1 is 1.19 bits per heavy atom. The van der Waals surface area contributed by atoms with Gasteiger partial charge in [-0.25, -0.2) is 9.80 Å². The van der Waals surface area contributed by atoms with Crippen LogP contribution in [-0.2, 0) is 18.9 Å². The van der Waals surface area contributed by atoms with E-state index in [-0.39, 0.29) is 23.6 Å². The highest BCUT2D eigenvalue weighted by atomic mass is 35.5. The number of carbonyl (C=O) groups is 1. The van der Waals surface area contributed by atoms with Crippen LogP contribution in [0.1, 0.15) is 30.5 Å². The van der Waals surface area contributed by atoms with Gasteiger partial charge in [0.1, 0.15) is 5.56 Å². The molecule has 1 unspecified atom stereocenters. The van der Waals surface area contributed by atoms with Crippen LogP contribution >= 0.6 is 11.6 Å². The lowest BCUT2D eigenvalue weighted by Crippen LogP contribution is -2.39. The number of rotatable bonds is 2. The molecule has 136 valence electrons. The van der Waals surface area contributed by atoms with Crippen molar-refractivity contribution in [1.29, 1.82) is 0 Å². The highest BCUT2D eigenvalue weighted by Crippen LogP contribution is 2.33. The number of nitrogens with zero attached hydrogens (tertiary/aromatic N) is 4. The number of amides is 1. The lowest BCUT2D eigenvalue weighted by molar-refractivity contribution is -0.130.